The van der Waals surface area contributed by atoms with Gasteiger partial charge in [-0.2, -0.15) is 0 Å². The van der Waals surface area contributed by atoms with E-state index in [1.165, 1.54) is 42.5 Å². The Balaban J connectivity index is 1.35. The highest BCUT2D eigenvalue weighted by Crippen LogP contribution is 2.31. The normalized spacial score (nSPS) is 19.6. The van der Waals surface area contributed by atoms with Crippen molar-refractivity contribution >= 4 is 21.9 Å². The second-order valence-corrected chi connectivity index (χ2v) is 9.18. The van der Waals surface area contributed by atoms with Gasteiger partial charge >= 0.3 is 6.16 Å². The molecule has 0 bridgehead atoms. The lowest BCUT2D eigenvalue weighted by Gasteiger charge is -2.16. The van der Waals surface area contributed by atoms with E-state index in [0.29, 0.717) is 5.75 Å². The fourth-order valence-corrected chi connectivity index (χ4v) is 4.44. The average Bonchev–Trinajstić information content (AvgIpc) is 3.30. The molecule has 1 N–H and O–H groups in total. The number of ether oxygens (including phenoxy) is 3. The first-order chi connectivity index (χ1) is 15.2. The fourth-order valence-electron chi connectivity index (χ4n) is 3.30. The van der Waals surface area contributed by atoms with Crippen LogP contribution in [-0.2, 0) is 30.7 Å². The largest absolute Gasteiger partial charge is 0.509 e. The van der Waals surface area contributed by atoms with Crippen LogP contribution in [0.5, 0.6) is 5.75 Å². The minimum atomic E-state index is -4.04. The van der Waals surface area contributed by atoms with E-state index in [1.54, 1.807) is 12.1 Å². The van der Waals surface area contributed by atoms with E-state index >= 15 is 0 Å². The van der Waals surface area contributed by atoms with Gasteiger partial charge in [0.2, 0.25) is 0 Å². The number of hydrogen-bond donors (Lipinski definition) is 1. The zero-order valence-electron chi connectivity index (χ0n) is 16.5. The third kappa shape index (κ3) is 4.73. The summed E-state index contributed by atoms with van der Waals surface area (Å²) in [6.07, 6.45) is -0.868. The molecule has 0 saturated carbocycles. The molecule has 9 nitrogen and oxygen atoms in total. The van der Waals surface area contributed by atoms with Gasteiger partial charge in [0, 0.05) is 12.0 Å². The first-order valence-electron chi connectivity index (χ1n) is 9.50. The van der Waals surface area contributed by atoms with Gasteiger partial charge in [0.15, 0.2) is 27.9 Å². The molecule has 4 rings (SSSR count). The van der Waals surface area contributed by atoms with Crippen LogP contribution in [-0.4, -0.2) is 48.8 Å². The highest BCUT2D eigenvalue weighted by atomic mass is 32.2. The first kappa shape index (κ1) is 21.8. The zero-order valence-corrected chi connectivity index (χ0v) is 17.3. The number of hydrogen-bond acceptors (Lipinski definition) is 8. The highest BCUT2D eigenvalue weighted by Gasteiger charge is 2.42. The summed E-state index contributed by atoms with van der Waals surface area (Å²) in [7, 11) is -4.04. The predicted octanol–water partition coefficient (Wildman–Crippen LogP) is 2.59. The number of rotatable bonds is 7. The van der Waals surface area contributed by atoms with E-state index in [-0.39, 0.29) is 34.4 Å². The van der Waals surface area contributed by atoms with Crippen molar-refractivity contribution in [3.8, 4) is 5.75 Å². The van der Waals surface area contributed by atoms with Crippen molar-refractivity contribution in [3.05, 3.63) is 71.6 Å². The van der Waals surface area contributed by atoms with Crippen molar-refractivity contribution in [1.29, 1.82) is 0 Å². The van der Waals surface area contributed by atoms with Crippen molar-refractivity contribution in [3.63, 3.8) is 0 Å². The fraction of sp³-hybridized carbons (Fsp3) is 0.238. The van der Waals surface area contributed by atoms with Crippen molar-refractivity contribution in [2.75, 3.05) is 5.88 Å². The van der Waals surface area contributed by atoms with Gasteiger partial charge in [0.25, 0.3) is 5.91 Å². The first-order valence-corrected chi connectivity index (χ1v) is 11.2. The predicted molar refractivity (Wildman–Crippen MR) is 106 cm³/mol. The van der Waals surface area contributed by atoms with E-state index in [2.05, 4.69) is 0 Å². The lowest BCUT2D eigenvalue weighted by Crippen LogP contribution is -2.33. The van der Waals surface area contributed by atoms with E-state index in [1.807, 2.05) is 0 Å². The van der Waals surface area contributed by atoms with Crippen LogP contribution in [0.4, 0.5) is 9.18 Å². The molecule has 2 unspecified atom stereocenters. The molecule has 1 saturated heterocycles. The van der Waals surface area contributed by atoms with Crippen LogP contribution in [0.2, 0.25) is 0 Å². The van der Waals surface area contributed by atoms with Gasteiger partial charge in [0.05, 0.1) is 4.90 Å². The van der Waals surface area contributed by atoms with Crippen LogP contribution >= 0.6 is 0 Å². The molecule has 168 valence electrons. The molecule has 2 aliphatic rings. The van der Waals surface area contributed by atoms with Crippen molar-refractivity contribution in [2.45, 2.75) is 30.1 Å². The minimum absolute atomic E-state index is 0.0203. The Morgan fingerprint density at radius 3 is 2.47 bits per heavy atom. The Morgan fingerprint density at radius 1 is 1.12 bits per heavy atom. The zero-order chi connectivity index (χ0) is 22.9. The van der Waals surface area contributed by atoms with Crippen LogP contribution in [0.15, 0.2) is 65.1 Å². The summed E-state index contributed by atoms with van der Waals surface area (Å²) in [5.41, 5.74) is 0.831. The maximum Gasteiger partial charge on any atom is 0.509 e. The molecule has 1 amide bonds. The third-order valence-electron chi connectivity index (χ3n) is 4.94. The van der Waals surface area contributed by atoms with Crippen LogP contribution in [0.3, 0.4) is 0 Å². The number of benzene rings is 2. The van der Waals surface area contributed by atoms with Crippen LogP contribution in [0.1, 0.15) is 12.0 Å². The number of halogens is 1. The molecular formula is C21H18FNO8S. The molecule has 1 aliphatic heterocycles. The molecule has 0 radical (unpaired) electrons. The van der Waals surface area contributed by atoms with Gasteiger partial charge in [-0.3, -0.25) is 10.0 Å². The van der Waals surface area contributed by atoms with Gasteiger partial charge in [-0.15, -0.1) is 0 Å². The number of carbonyl (C=O) groups is 2. The SMILES string of the molecule is O=C1OC2C=C(C(=O)N(O)CS(=O)(=O)c3ccc(OCc4ccc(F)cc4)cc3)CC2O1. The van der Waals surface area contributed by atoms with Gasteiger partial charge in [-0.1, -0.05) is 12.1 Å². The smallest absolute Gasteiger partial charge is 0.489 e. The topological polar surface area (TPSA) is 119 Å². The summed E-state index contributed by atoms with van der Waals surface area (Å²) in [5, 5.41) is 10.1. The molecule has 1 fully saturated rings. The summed E-state index contributed by atoms with van der Waals surface area (Å²) in [6.45, 7) is 0.168. The molecule has 0 spiro atoms. The maximum atomic E-state index is 12.9. The van der Waals surface area contributed by atoms with Gasteiger partial charge < -0.3 is 14.2 Å². The van der Waals surface area contributed by atoms with E-state index in [0.717, 1.165) is 5.56 Å². The van der Waals surface area contributed by atoms with Crippen molar-refractivity contribution in [2.24, 2.45) is 0 Å². The van der Waals surface area contributed by atoms with Crippen LogP contribution in [0, 0.1) is 5.82 Å². The van der Waals surface area contributed by atoms with Crippen molar-refractivity contribution in [1.82, 2.24) is 5.06 Å². The molecule has 1 aliphatic carbocycles. The quantitative estimate of drug-likeness (QED) is 0.378. The van der Waals surface area contributed by atoms with E-state index in [4.69, 9.17) is 14.2 Å². The highest BCUT2D eigenvalue weighted by molar-refractivity contribution is 7.91. The molecular weight excluding hydrogens is 445 g/mol. The molecule has 32 heavy (non-hydrogen) atoms. The number of fused-ring (bicyclic) bond motifs is 1. The number of hydroxylamine groups is 2. The Bertz CT molecular complexity index is 1160. The van der Waals surface area contributed by atoms with Gasteiger partial charge in [-0.25, -0.2) is 22.7 Å². The summed E-state index contributed by atoms with van der Waals surface area (Å²) in [4.78, 5) is 23.3. The summed E-state index contributed by atoms with van der Waals surface area (Å²) in [5.74, 6) is -1.84. The van der Waals surface area contributed by atoms with Crippen LogP contribution in [0.25, 0.3) is 0 Å². The monoisotopic (exact) mass is 463 g/mol. The second-order valence-electron chi connectivity index (χ2n) is 7.22. The van der Waals surface area contributed by atoms with Gasteiger partial charge in [0.1, 0.15) is 18.2 Å². The Kier molecular flexibility index (Phi) is 5.85. The Hall–Kier alpha value is -3.44. The van der Waals surface area contributed by atoms with Crippen LogP contribution < -0.4 is 4.74 Å². The molecule has 2 aromatic rings. The molecule has 0 aromatic heterocycles. The second kappa shape index (κ2) is 8.60. The Morgan fingerprint density at radius 2 is 1.81 bits per heavy atom. The molecule has 1 heterocycles. The lowest BCUT2D eigenvalue weighted by molar-refractivity contribution is -0.156. The van der Waals surface area contributed by atoms with Gasteiger partial charge in [-0.05, 0) is 48.0 Å². The summed E-state index contributed by atoms with van der Waals surface area (Å²) in [6, 6.07) is 11.2. The lowest BCUT2D eigenvalue weighted by atomic mass is 10.2. The average molecular weight is 463 g/mol. The molecule has 11 heteroatoms. The standard InChI is InChI=1S/C21H18FNO8S/c22-15-3-1-13(2-4-15)11-29-16-5-7-17(8-6-16)32(27,28)12-23(26)20(24)14-9-18-19(10-14)31-21(25)30-18/h1-9,18-19,26H,10-12H2. The van der Waals surface area contributed by atoms with Crippen molar-refractivity contribution < 1.29 is 41.8 Å². The molecule has 2 aromatic carbocycles. The number of amides is 1. The van der Waals surface area contributed by atoms with E-state index in [9.17, 15) is 27.6 Å². The summed E-state index contributed by atoms with van der Waals surface area (Å²) < 4.78 is 53.3. The Labute approximate surface area is 182 Å². The molecule has 2 atom stereocenters. The number of sulfone groups is 1. The number of nitrogens with zero attached hydrogens (tertiary/aromatic N) is 1. The summed E-state index contributed by atoms with van der Waals surface area (Å²) >= 11 is 0. The minimum Gasteiger partial charge on any atom is -0.489 e. The van der Waals surface area contributed by atoms with E-state index < -0.39 is 40.0 Å². The maximum absolute atomic E-state index is 12.9. The number of carbonyl (C=O) groups excluding carboxylic acids is 2. The third-order valence-corrected chi connectivity index (χ3v) is 6.51.